The summed E-state index contributed by atoms with van der Waals surface area (Å²) in [6, 6.07) is 2.25. The molecule has 0 amide bonds. The number of thiophene rings is 1. The summed E-state index contributed by atoms with van der Waals surface area (Å²) >= 11 is 1.80. The van der Waals surface area contributed by atoms with Crippen LogP contribution in [0.3, 0.4) is 0 Å². The molecule has 0 spiro atoms. The van der Waals surface area contributed by atoms with Gasteiger partial charge in [-0.15, -0.1) is 0 Å². The van der Waals surface area contributed by atoms with Crippen LogP contribution >= 0.6 is 11.3 Å². The Bertz CT molecular complexity index is 199. The molecule has 2 rings (SSSR count). The molecular formula is C9H12NS. The summed E-state index contributed by atoms with van der Waals surface area (Å²) in [5, 5.41) is 8.78. The van der Waals surface area contributed by atoms with Crippen LogP contribution in [0.25, 0.3) is 0 Å². The smallest absolute Gasteiger partial charge is 0.0139 e. The molecule has 1 aromatic rings. The van der Waals surface area contributed by atoms with Gasteiger partial charge >= 0.3 is 0 Å². The van der Waals surface area contributed by atoms with Crippen molar-refractivity contribution in [1.29, 1.82) is 0 Å². The lowest BCUT2D eigenvalue weighted by atomic mass is 9.92. The normalized spacial score (nSPS) is 20.4. The maximum Gasteiger partial charge on any atom is 0.0139 e. The second-order valence-corrected chi connectivity index (χ2v) is 3.78. The van der Waals surface area contributed by atoms with Crippen LogP contribution in [-0.2, 0) is 0 Å². The molecule has 1 aromatic heterocycles. The molecule has 1 nitrogen and oxygen atoms in total. The second-order valence-electron chi connectivity index (χ2n) is 3.00. The van der Waals surface area contributed by atoms with E-state index in [0.29, 0.717) is 0 Å². The SMILES string of the molecule is c1cc(C2CC[N]CC2)cs1. The van der Waals surface area contributed by atoms with Gasteiger partial charge in [-0.25, -0.2) is 5.32 Å². The molecule has 0 saturated carbocycles. The van der Waals surface area contributed by atoms with Crippen LogP contribution in [0.5, 0.6) is 0 Å². The minimum atomic E-state index is 0.804. The summed E-state index contributed by atoms with van der Waals surface area (Å²) in [5.41, 5.74) is 1.53. The van der Waals surface area contributed by atoms with Gasteiger partial charge in [-0.2, -0.15) is 11.3 Å². The summed E-state index contributed by atoms with van der Waals surface area (Å²) in [6.45, 7) is 2.14. The number of rotatable bonds is 1. The predicted molar refractivity (Wildman–Crippen MR) is 48.2 cm³/mol. The number of hydrogen-bond donors (Lipinski definition) is 0. The van der Waals surface area contributed by atoms with Crippen LogP contribution in [0.1, 0.15) is 24.3 Å². The van der Waals surface area contributed by atoms with Gasteiger partial charge in [-0.05, 0) is 41.1 Å². The van der Waals surface area contributed by atoms with E-state index in [1.54, 1.807) is 11.3 Å². The molecular weight excluding hydrogens is 154 g/mol. The van der Waals surface area contributed by atoms with Crippen molar-refractivity contribution in [1.82, 2.24) is 5.32 Å². The number of nitrogens with zero attached hydrogens (tertiary/aromatic N) is 1. The fraction of sp³-hybridized carbons (Fsp3) is 0.556. The predicted octanol–water partition coefficient (Wildman–Crippen LogP) is 2.23. The Hall–Kier alpha value is -0.340. The average Bonchev–Trinajstić information content (AvgIpc) is 2.58. The first-order chi connectivity index (χ1) is 5.47. The molecule has 1 aliphatic heterocycles. The summed E-state index contributed by atoms with van der Waals surface area (Å²) in [6.07, 6.45) is 2.52. The first kappa shape index (κ1) is 7.32. The minimum absolute atomic E-state index is 0.804. The monoisotopic (exact) mass is 166 g/mol. The lowest BCUT2D eigenvalue weighted by molar-refractivity contribution is 0.454. The third-order valence-corrected chi connectivity index (χ3v) is 2.99. The molecule has 0 unspecified atom stereocenters. The van der Waals surface area contributed by atoms with E-state index in [0.717, 1.165) is 19.0 Å². The van der Waals surface area contributed by atoms with Crippen molar-refractivity contribution in [3.63, 3.8) is 0 Å². The third kappa shape index (κ3) is 1.63. The van der Waals surface area contributed by atoms with Gasteiger partial charge in [-0.1, -0.05) is 0 Å². The van der Waals surface area contributed by atoms with Crippen LogP contribution in [0.4, 0.5) is 0 Å². The van der Waals surface area contributed by atoms with Crippen LogP contribution < -0.4 is 5.32 Å². The van der Waals surface area contributed by atoms with Crippen molar-refractivity contribution in [2.45, 2.75) is 18.8 Å². The molecule has 1 aliphatic rings. The molecule has 2 heterocycles. The van der Waals surface area contributed by atoms with Crippen molar-refractivity contribution in [3.05, 3.63) is 22.4 Å². The Labute approximate surface area is 71.4 Å². The minimum Gasteiger partial charge on any atom is -0.242 e. The van der Waals surface area contributed by atoms with E-state index in [1.165, 1.54) is 18.4 Å². The standard InChI is InChI=1S/C9H12NS/c1-4-10-5-2-8(1)9-3-6-11-7-9/h3,6-8H,1-2,4-5H2. The Morgan fingerprint density at radius 2 is 2.18 bits per heavy atom. The maximum atomic E-state index is 4.34. The zero-order valence-corrected chi connectivity index (χ0v) is 7.31. The molecule has 0 atom stereocenters. The zero-order chi connectivity index (χ0) is 7.52. The molecule has 0 bridgehead atoms. The van der Waals surface area contributed by atoms with E-state index in [-0.39, 0.29) is 0 Å². The molecule has 1 fully saturated rings. The lowest BCUT2D eigenvalue weighted by Crippen LogP contribution is -2.20. The largest absolute Gasteiger partial charge is 0.242 e. The van der Waals surface area contributed by atoms with E-state index in [4.69, 9.17) is 0 Å². The summed E-state index contributed by atoms with van der Waals surface area (Å²) in [4.78, 5) is 0. The first-order valence-corrected chi connectivity index (χ1v) is 5.06. The van der Waals surface area contributed by atoms with Gasteiger partial charge in [0.1, 0.15) is 0 Å². The molecule has 1 saturated heterocycles. The fourth-order valence-corrected chi connectivity index (χ4v) is 2.33. The van der Waals surface area contributed by atoms with E-state index in [1.807, 2.05) is 0 Å². The van der Waals surface area contributed by atoms with Gasteiger partial charge in [0.05, 0.1) is 0 Å². The molecule has 0 aliphatic carbocycles. The highest BCUT2D eigenvalue weighted by atomic mass is 32.1. The van der Waals surface area contributed by atoms with Crippen molar-refractivity contribution in [2.24, 2.45) is 0 Å². The second kappa shape index (κ2) is 3.37. The highest BCUT2D eigenvalue weighted by Gasteiger charge is 2.15. The zero-order valence-electron chi connectivity index (χ0n) is 6.49. The molecule has 0 N–H and O–H groups in total. The number of hydrogen-bond acceptors (Lipinski definition) is 1. The molecule has 59 valence electrons. The fourth-order valence-electron chi connectivity index (χ4n) is 1.59. The van der Waals surface area contributed by atoms with Crippen LogP contribution in [0.2, 0.25) is 0 Å². The Morgan fingerprint density at radius 3 is 2.82 bits per heavy atom. The molecule has 11 heavy (non-hydrogen) atoms. The van der Waals surface area contributed by atoms with Crippen LogP contribution in [0, 0.1) is 0 Å². The summed E-state index contributed by atoms with van der Waals surface area (Å²) < 4.78 is 0. The molecule has 1 radical (unpaired) electrons. The van der Waals surface area contributed by atoms with Gasteiger partial charge in [0.15, 0.2) is 0 Å². The molecule has 0 aromatic carbocycles. The van der Waals surface area contributed by atoms with Gasteiger partial charge in [0.2, 0.25) is 0 Å². The van der Waals surface area contributed by atoms with Gasteiger partial charge in [0, 0.05) is 13.1 Å². The third-order valence-electron chi connectivity index (χ3n) is 2.29. The van der Waals surface area contributed by atoms with Crippen LogP contribution in [0.15, 0.2) is 16.8 Å². The highest BCUT2D eigenvalue weighted by Crippen LogP contribution is 2.26. The highest BCUT2D eigenvalue weighted by molar-refractivity contribution is 7.07. The lowest BCUT2D eigenvalue weighted by Gasteiger charge is -2.20. The van der Waals surface area contributed by atoms with Crippen LogP contribution in [-0.4, -0.2) is 13.1 Å². The molecule has 2 heteroatoms. The summed E-state index contributed by atoms with van der Waals surface area (Å²) in [5.74, 6) is 0.804. The van der Waals surface area contributed by atoms with E-state index >= 15 is 0 Å². The van der Waals surface area contributed by atoms with E-state index in [9.17, 15) is 0 Å². The van der Waals surface area contributed by atoms with Gasteiger partial charge in [0.25, 0.3) is 0 Å². The number of piperidine rings is 1. The van der Waals surface area contributed by atoms with Crippen molar-refractivity contribution < 1.29 is 0 Å². The topological polar surface area (TPSA) is 14.1 Å². The Morgan fingerprint density at radius 1 is 1.36 bits per heavy atom. The van der Waals surface area contributed by atoms with E-state index in [2.05, 4.69) is 22.1 Å². The van der Waals surface area contributed by atoms with Gasteiger partial charge in [-0.3, -0.25) is 0 Å². The average molecular weight is 166 g/mol. The Balaban J connectivity index is 2.04. The first-order valence-electron chi connectivity index (χ1n) is 4.12. The Kier molecular flexibility index (Phi) is 2.24. The summed E-state index contributed by atoms with van der Waals surface area (Å²) in [7, 11) is 0. The van der Waals surface area contributed by atoms with Crippen molar-refractivity contribution in [3.8, 4) is 0 Å². The van der Waals surface area contributed by atoms with Crippen molar-refractivity contribution in [2.75, 3.05) is 13.1 Å². The maximum absolute atomic E-state index is 4.34. The van der Waals surface area contributed by atoms with E-state index < -0.39 is 0 Å². The quantitative estimate of drug-likeness (QED) is 0.607. The van der Waals surface area contributed by atoms with Crippen molar-refractivity contribution >= 4 is 11.3 Å². The van der Waals surface area contributed by atoms with Gasteiger partial charge < -0.3 is 0 Å².